The topological polar surface area (TPSA) is 91.7 Å². The number of rotatable bonds is 6. The van der Waals surface area contributed by atoms with Gasteiger partial charge in [0, 0.05) is 25.2 Å². The van der Waals surface area contributed by atoms with Crippen LogP contribution in [0.4, 0.5) is 5.69 Å². The van der Waals surface area contributed by atoms with Crippen molar-refractivity contribution in [3.05, 3.63) is 53.6 Å². The van der Waals surface area contributed by atoms with Gasteiger partial charge in [-0.05, 0) is 42.0 Å². The van der Waals surface area contributed by atoms with Crippen molar-refractivity contribution in [2.45, 2.75) is 13.0 Å². The van der Waals surface area contributed by atoms with Crippen LogP contribution in [0, 0.1) is 17.2 Å². The lowest BCUT2D eigenvalue weighted by molar-refractivity contribution is -0.126. The third-order valence-corrected chi connectivity index (χ3v) is 4.72. The SMILES string of the molecule is COc1ccc(CNC(=O)C2CC(=O)N(c3ccc(C#N)cc3)C2)cc1OC. The van der Waals surface area contributed by atoms with Crippen LogP contribution in [0.25, 0.3) is 0 Å². The summed E-state index contributed by atoms with van der Waals surface area (Å²) in [4.78, 5) is 26.4. The molecule has 2 aromatic rings. The zero-order chi connectivity index (χ0) is 20.1. The van der Waals surface area contributed by atoms with Crippen molar-refractivity contribution in [2.24, 2.45) is 5.92 Å². The molecule has 2 amide bonds. The number of ether oxygens (including phenoxy) is 2. The molecule has 1 heterocycles. The Balaban J connectivity index is 1.61. The highest BCUT2D eigenvalue weighted by Crippen LogP contribution is 2.28. The van der Waals surface area contributed by atoms with Gasteiger partial charge in [0.25, 0.3) is 0 Å². The third-order valence-electron chi connectivity index (χ3n) is 4.72. The number of carbonyl (C=O) groups excluding carboxylic acids is 2. The molecule has 1 saturated heterocycles. The van der Waals surface area contributed by atoms with Crippen molar-refractivity contribution in [1.82, 2.24) is 5.32 Å². The van der Waals surface area contributed by atoms with E-state index in [0.717, 1.165) is 5.56 Å². The molecule has 1 unspecified atom stereocenters. The number of carbonyl (C=O) groups is 2. The predicted molar refractivity (Wildman–Crippen MR) is 103 cm³/mol. The Morgan fingerprint density at radius 3 is 2.54 bits per heavy atom. The summed E-state index contributed by atoms with van der Waals surface area (Å²) in [7, 11) is 3.12. The maximum Gasteiger partial charge on any atom is 0.227 e. The first-order valence-corrected chi connectivity index (χ1v) is 8.85. The van der Waals surface area contributed by atoms with Crippen LogP contribution in [0.15, 0.2) is 42.5 Å². The molecule has 0 aliphatic carbocycles. The number of nitriles is 1. The summed E-state index contributed by atoms with van der Waals surface area (Å²) in [6.45, 7) is 0.656. The summed E-state index contributed by atoms with van der Waals surface area (Å²) in [5, 5.41) is 11.8. The standard InChI is InChI=1S/C21H21N3O4/c1-27-18-8-5-15(9-19(18)28-2)12-23-21(26)16-10-20(25)24(13-16)17-6-3-14(11-22)4-7-17/h3-9,16H,10,12-13H2,1-2H3,(H,23,26). The summed E-state index contributed by atoms with van der Waals surface area (Å²) >= 11 is 0. The molecule has 2 aromatic carbocycles. The Morgan fingerprint density at radius 2 is 1.89 bits per heavy atom. The second-order valence-electron chi connectivity index (χ2n) is 6.47. The first-order valence-electron chi connectivity index (χ1n) is 8.85. The quantitative estimate of drug-likeness (QED) is 0.831. The Labute approximate surface area is 163 Å². The number of anilines is 1. The van der Waals surface area contributed by atoms with Crippen molar-refractivity contribution in [1.29, 1.82) is 5.26 Å². The maximum absolute atomic E-state index is 12.5. The fraction of sp³-hybridized carbons (Fsp3) is 0.286. The van der Waals surface area contributed by atoms with Crippen molar-refractivity contribution < 1.29 is 19.1 Å². The van der Waals surface area contributed by atoms with Gasteiger partial charge in [-0.1, -0.05) is 6.07 Å². The molecular weight excluding hydrogens is 358 g/mol. The molecule has 1 aliphatic heterocycles. The average Bonchev–Trinajstić information content (AvgIpc) is 3.13. The van der Waals surface area contributed by atoms with E-state index < -0.39 is 5.92 Å². The fourth-order valence-electron chi connectivity index (χ4n) is 3.17. The molecule has 0 radical (unpaired) electrons. The number of hydrogen-bond donors (Lipinski definition) is 1. The Morgan fingerprint density at radius 1 is 1.18 bits per heavy atom. The molecule has 3 rings (SSSR count). The summed E-state index contributed by atoms with van der Waals surface area (Å²) in [6, 6.07) is 14.3. The van der Waals surface area contributed by atoms with Gasteiger partial charge in [-0.15, -0.1) is 0 Å². The monoisotopic (exact) mass is 379 g/mol. The Bertz CT molecular complexity index is 918. The summed E-state index contributed by atoms with van der Waals surface area (Å²) in [6.07, 6.45) is 0.164. The lowest BCUT2D eigenvalue weighted by Gasteiger charge is -2.17. The molecule has 0 bridgehead atoms. The Hall–Kier alpha value is -3.53. The van der Waals surface area contributed by atoms with Gasteiger partial charge in [-0.25, -0.2) is 0 Å². The van der Waals surface area contributed by atoms with E-state index in [0.29, 0.717) is 35.8 Å². The summed E-state index contributed by atoms with van der Waals surface area (Å²) in [5.41, 5.74) is 2.10. The van der Waals surface area contributed by atoms with E-state index in [1.165, 1.54) is 0 Å². The van der Waals surface area contributed by atoms with E-state index in [4.69, 9.17) is 14.7 Å². The largest absolute Gasteiger partial charge is 0.493 e. The number of hydrogen-bond acceptors (Lipinski definition) is 5. The molecule has 0 saturated carbocycles. The number of amides is 2. The van der Waals surface area contributed by atoms with E-state index in [9.17, 15) is 9.59 Å². The molecule has 0 spiro atoms. The molecule has 1 atom stereocenters. The maximum atomic E-state index is 12.5. The molecule has 0 aromatic heterocycles. The minimum absolute atomic E-state index is 0.101. The second kappa shape index (κ2) is 8.44. The van der Waals surface area contributed by atoms with Gasteiger partial charge in [-0.2, -0.15) is 5.26 Å². The first kappa shape index (κ1) is 19.2. The van der Waals surface area contributed by atoms with Crippen LogP contribution in [0.3, 0.4) is 0 Å². The van der Waals surface area contributed by atoms with Gasteiger partial charge in [0.2, 0.25) is 11.8 Å². The molecule has 7 nitrogen and oxygen atoms in total. The zero-order valence-corrected chi connectivity index (χ0v) is 15.8. The summed E-state index contributed by atoms with van der Waals surface area (Å²) < 4.78 is 10.5. The minimum atomic E-state index is -0.414. The molecule has 1 fully saturated rings. The fourth-order valence-corrected chi connectivity index (χ4v) is 3.17. The van der Waals surface area contributed by atoms with Gasteiger partial charge < -0.3 is 19.7 Å². The third kappa shape index (κ3) is 4.07. The van der Waals surface area contributed by atoms with Gasteiger partial charge in [0.1, 0.15) is 0 Å². The van der Waals surface area contributed by atoms with Crippen LogP contribution in [0.1, 0.15) is 17.5 Å². The number of benzene rings is 2. The highest BCUT2D eigenvalue weighted by molar-refractivity contribution is 6.00. The number of nitrogens with one attached hydrogen (secondary N) is 1. The predicted octanol–water partition coefficient (Wildman–Crippen LogP) is 2.24. The average molecular weight is 379 g/mol. The minimum Gasteiger partial charge on any atom is -0.493 e. The molecular formula is C21H21N3O4. The highest BCUT2D eigenvalue weighted by atomic mass is 16.5. The van der Waals surface area contributed by atoms with Crippen LogP contribution >= 0.6 is 0 Å². The molecule has 144 valence electrons. The van der Waals surface area contributed by atoms with Crippen LogP contribution in [0.2, 0.25) is 0 Å². The lowest BCUT2D eigenvalue weighted by Crippen LogP contribution is -2.32. The van der Waals surface area contributed by atoms with Crippen LogP contribution in [-0.4, -0.2) is 32.6 Å². The molecule has 1 aliphatic rings. The van der Waals surface area contributed by atoms with Crippen LogP contribution in [-0.2, 0) is 16.1 Å². The first-order chi connectivity index (χ1) is 13.5. The van der Waals surface area contributed by atoms with E-state index >= 15 is 0 Å². The van der Waals surface area contributed by atoms with E-state index in [1.807, 2.05) is 18.2 Å². The number of nitrogens with zero attached hydrogens (tertiary/aromatic N) is 2. The van der Waals surface area contributed by atoms with Crippen LogP contribution < -0.4 is 19.7 Å². The molecule has 1 N–H and O–H groups in total. The van der Waals surface area contributed by atoms with E-state index in [-0.39, 0.29) is 18.2 Å². The summed E-state index contributed by atoms with van der Waals surface area (Å²) in [5.74, 6) is 0.535. The van der Waals surface area contributed by atoms with Crippen LogP contribution in [0.5, 0.6) is 11.5 Å². The van der Waals surface area contributed by atoms with Gasteiger partial charge >= 0.3 is 0 Å². The highest BCUT2D eigenvalue weighted by Gasteiger charge is 2.35. The number of methoxy groups -OCH3 is 2. The van der Waals surface area contributed by atoms with Gasteiger partial charge in [0.05, 0.1) is 31.8 Å². The van der Waals surface area contributed by atoms with E-state index in [2.05, 4.69) is 5.32 Å². The van der Waals surface area contributed by atoms with Crippen molar-refractivity contribution >= 4 is 17.5 Å². The normalized spacial score (nSPS) is 15.8. The van der Waals surface area contributed by atoms with Crippen molar-refractivity contribution in [3.8, 4) is 17.6 Å². The van der Waals surface area contributed by atoms with E-state index in [1.54, 1.807) is 49.5 Å². The van der Waals surface area contributed by atoms with Gasteiger partial charge in [-0.3, -0.25) is 9.59 Å². The smallest absolute Gasteiger partial charge is 0.227 e. The lowest BCUT2D eigenvalue weighted by atomic mass is 10.1. The Kier molecular flexibility index (Phi) is 5.80. The van der Waals surface area contributed by atoms with Crippen molar-refractivity contribution in [3.63, 3.8) is 0 Å². The zero-order valence-electron chi connectivity index (χ0n) is 15.8. The molecule has 28 heavy (non-hydrogen) atoms. The van der Waals surface area contributed by atoms with Gasteiger partial charge in [0.15, 0.2) is 11.5 Å². The molecule has 7 heteroatoms. The second-order valence-corrected chi connectivity index (χ2v) is 6.47. The van der Waals surface area contributed by atoms with Crippen molar-refractivity contribution in [2.75, 3.05) is 25.7 Å².